The molecule has 1 aromatic carbocycles. The van der Waals surface area contributed by atoms with Gasteiger partial charge in [0.1, 0.15) is 0 Å². The molecule has 1 aliphatic carbocycles. The van der Waals surface area contributed by atoms with Gasteiger partial charge in [0.15, 0.2) is 0 Å². The SMILES string of the molecule is CNC1CCC(c2ccccc2)CC1OC(C)COC. The average Bonchev–Trinajstić information content (AvgIpc) is 2.48. The van der Waals surface area contributed by atoms with Crippen LogP contribution < -0.4 is 5.32 Å². The van der Waals surface area contributed by atoms with Crippen LogP contribution in [0.4, 0.5) is 0 Å². The van der Waals surface area contributed by atoms with E-state index in [0.29, 0.717) is 18.6 Å². The van der Waals surface area contributed by atoms with E-state index in [1.165, 1.54) is 18.4 Å². The molecule has 0 aliphatic heterocycles. The minimum Gasteiger partial charge on any atom is -0.382 e. The summed E-state index contributed by atoms with van der Waals surface area (Å²) < 4.78 is 11.4. The summed E-state index contributed by atoms with van der Waals surface area (Å²) in [6.07, 6.45) is 3.90. The summed E-state index contributed by atoms with van der Waals surface area (Å²) in [6, 6.07) is 11.3. The van der Waals surface area contributed by atoms with E-state index < -0.39 is 0 Å². The zero-order valence-corrected chi connectivity index (χ0v) is 12.8. The molecule has 2 rings (SSSR count). The van der Waals surface area contributed by atoms with Gasteiger partial charge in [-0.3, -0.25) is 0 Å². The molecule has 4 unspecified atom stereocenters. The predicted molar refractivity (Wildman–Crippen MR) is 82.1 cm³/mol. The van der Waals surface area contributed by atoms with Crippen molar-refractivity contribution in [2.75, 3.05) is 20.8 Å². The van der Waals surface area contributed by atoms with Crippen LogP contribution in [-0.2, 0) is 9.47 Å². The summed E-state index contributed by atoms with van der Waals surface area (Å²) in [4.78, 5) is 0. The Bertz CT molecular complexity index is 382. The van der Waals surface area contributed by atoms with Crippen LogP contribution in [0.25, 0.3) is 0 Å². The van der Waals surface area contributed by atoms with E-state index in [9.17, 15) is 0 Å². The second kappa shape index (κ2) is 7.77. The van der Waals surface area contributed by atoms with Gasteiger partial charge in [0.05, 0.1) is 18.8 Å². The summed E-state index contributed by atoms with van der Waals surface area (Å²) in [7, 11) is 3.76. The van der Waals surface area contributed by atoms with Crippen molar-refractivity contribution in [3.8, 4) is 0 Å². The maximum Gasteiger partial charge on any atom is 0.0784 e. The molecule has 0 amide bonds. The fourth-order valence-corrected chi connectivity index (χ4v) is 3.21. The highest BCUT2D eigenvalue weighted by Gasteiger charge is 2.31. The number of methoxy groups -OCH3 is 1. The van der Waals surface area contributed by atoms with Crippen LogP contribution in [0.3, 0.4) is 0 Å². The van der Waals surface area contributed by atoms with Gasteiger partial charge in [0.25, 0.3) is 0 Å². The standard InChI is InChI=1S/C17H27NO2/c1-13(12-19-3)20-17-11-15(9-10-16(17)18-2)14-7-5-4-6-8-14/h4-8,13,15-18H,9-12H2,1-3H3. The monoisotopic (exact) mass is 277 g/mol. The Kier molecular flexibility index (Phi) is 6.02. The Morgan fingerprint density at radius 1 is 1.25 bits per heavy atom. The normalized spacial score (nSPS) is 28.2. The highest BCUT2D eigenvalue weighted by atomic mass is 16.5. The lowest BCUT2D eigenvalue weighted by molar-refractivity contribution is -0.0673. The molecular formula is C17H27NO2. The third-order valence-electron chi connectivity index (χ3n) is 4.24. The molecule has 3 nitrogen and oxygen atoms in total. The van der Waals surface area contributed by atoms with E-state index in [0.717, 1.165) is 6.42 Å². The van der Waals surface area contributed by atoms with Crippen LogP contribution in [-0.4, -0.2) is 39.0 Å². The summed E-state index contributed by atoms with van der Waals surface area (Å²) in [5, 5.41) is 3.41. The van der Waals surface area contributed by atoms with Gasteiger partial charge in [0.2, 0.25) is 0 Å². The maximum atomic E-state index is 6.20. The van der Waals surface area contributed by atoms with Gasteiger partial charge < -0.3 is 14.8 Å². The van der Waals surface area contributed by atoms with E-state index in [1.54, 1.807) is 7.11 Å². The molecule has 0 aromatic heterocycles. The number of benzene rings is 1. The van der Waals surface area contributed by atoms with Gasteiger partial charge in [-0.15, -0.1) is 0 Å². The first-order valence-corrected chi connectivity index (χ1v) is 7.61. The van der Waals surface area contributed by atoms with Crippen molar-refractivity contribution in [1.82, 2.24) is 5.32 Å². The van der Waals surface area contributed by atoms with Gasteiger partial charge in [-0.2, -0.15) is 0 Å². The zero-order valence-electron chi connectivity index (χ0n) is 12.8. The van der Waals surface area contributed by atoms with Gasteiger partial charge in [0, 0.05) is 13.2 Å². The van der Waals surface area contributed by atoms with E-state index in [2.05, 4.69) is 42.6 Å². The van der Waals surface area contributed by atoms with Crippen LogP contribution in [0, 0.1) is 0 Å². The number of nitrogens with one attached hydrogen (secondary N) is 1. The van der Waals surface area contributed by atoms with Crippen molar-refractivity contribution < 1.29 is 9.47 Å². The lowest BCUT2D eigenvalue weighted by Crippen LogP contribution is -2.45. The van der Waals surface area contributed by atoms with Crippen molar-refractivity contribution in [1.29, 1.82) is 0 Å². The second-order valence-corrected chi connectivity index (χ2v) is 5.76. The van der Waals surface area contributed by atoms with Crippen molar-refractivity contribution in [3.63, 3.8) is 0 Å². The Labute approximate surface area is 122 Å². The van der Waals surface area contributed by atoms with Crippen molar-refractivity contribution in [2.24, 2.45) is 0 Å². The van der Waals surface area contributed by atoms with Crippen LogP contribution >= 0.6 is 0 Å². The average molecular weight is 277 g/mol. The van der Waals surface area contributed by atoms with Gasteiger partial charge >= 0.3 is 0 Å². The van der Waals surface area contributed by atoms with Crippen molar-refractivity contribution >= 4 is 0 Å². The molecule has 0 radical (unpaired) electrons. The van der Waals surface area contributed by atoms with Crippen LogP contribution in [0.1, 0.15) is 37.7 Å². The topological polar surface area (TPSA) is 30.5 Å². The smallest absolute Gasteiger partial charge is 0.0784 e. The molecule has 4 atom stereocenters. The second-order valence-electron chi connectivity index (χ2n) is 5.76. The molecule has 1 N–H and O–H groups in total. The molecule has 1 fully saturated rings. The van der Waals surface area contributed by atoms with Crippen molar-refractivity contribution in [2.45, 2.75) is 50.4 Å². The molecule has 0 bridgehead atoms. The Hall–Kier alpha value is -0.900. The van der Waals surface area contributed by atoms with E-state index in [-0.39, 0.29) is 12.2 Å². The minimum atomic E-state index is 0.148. The molecular weight excluding hydrogens is 250 g/mol. The van der Waals surface area contributed by atoms with Crippen LogP contribution in [0.2, 0.25) is 0 Å². The Morgan fingerprint density at radius 3 is 2.65 bits per heavy atom. The Balaban J connectivity index is 2.00. The fraction of sp³-hybridized carbons (Fsp3) is 0.647. The molecule has 1 saturated carbocycles. The van der Waals surface area contributed by atoms with Gasteiger partial charge in [-0.1, -0.05) is 30.3 Å². The number of likely N-dealkylation sites (N-methyl/N-ethyl adjacent to an activating group) is 1. The predicted octanol–water partition coefficient (Wildman–Crippen LogP) is 2.96. The van der Waals surface area contributed by atoms with Gasteiger partial charge in [-0.25, -0.2) is 0 Å². The van der Waals surface area contributed by atoms with Gasteiger partial charge in [-0.05, 0) is 44.7 Å². The lowest BCUT2D eigenvalue weighted by atomic mass is 9.80. The number of hydrogen-bond donors (Lipinski definition) is 1. The Morgan fingerprint density at radius 2 is 2.00 bits per heavy atom. The third kappa shape index (κ3) is 4.05. The van der Waals surface area contributed by atoms with Crippen LogP contribution in [0.15, 0.2) is 30.3 Å². The molecule has 0 saturated heterocycles. The number of ether oxygens (including phenoxy) is 2. The summed E-state index contributed by atoms with van der Waals surface area (Å²) in [5.74, 6) is 0.612. The third-order valence-corrected chi connectivity index (χ3v) is 4.24. The van der Waals surface area contributed by atoms with E-state index in [1.807, 2.05) is 7.05 Å². The first kappa shape index (κ1) is 15.5. The number of rotatable bonds is 6. The highest BCUT2D eigenvalue weighted by Crippen LogP contribution is 2.34. The molecule has 1 aromatic rings. The largest absolute Gasteiger partial charge is 0.382 e. The summed E-state index contributed by atoms with van der Waals surface area (Å²) in [5.41, 5.74) is 1.44. The molecule has 0 heterocycles. The van der Waals surface area contributed by atoms with Crippen LogP contribution in [0.5, 0.6) is 0 Å². The summed E-state index contributed by atoms with van der Waals surface area (Å²) in [6.45, 7) is 2.74. The van der Waals surface area contributed by atoms with E-state index in [4.69, 9.17) is 9.47 Å². The van der Waals surface area contributed by atoms with Crippen molar-refractivity contribution in [3.05, 3.63) is 35.9 Å². The molecule has 20 heavy (non-hydrogen) atoms. The molecule has 1 aliphatic rings. The molecule has 3 heteroatoms. The molecule has 112 valence electrons. The fourth-order valence-electron chi connectivity index (χ4n) is 3.21. The quantitative estimate of drug-likeness (QED) is 0.867. The zero-order chi connectivity index (χ0) is 14.4. The molecule has 0 spiro atoms. The minimum absolute atomic E-state index is 0.148. The number of hydrogen-bond acceptors (Lipinski definition) is 3. The lowest BCUT2D eigenvalue weighted by Gasteiger charge is -2.37. The van der Waals surface area contributed by atoms with E-state index >= 15 is 0 Å². The summed E-state index contributed by atoms with van der Waals surface area (Å²) >= 11 is 0. The highest BCUT2D eigenvalue weighted by molar-refractivity contribution is 5.20. The first-order chi connectivity index (χ1) is 9.74. The first-order valence-electron chi connectivity index (χ1n) is 7.61. The maximum absolute atomic E-state index is 6.20.